The zero-order valence-electron chi connectivity index (χ0n) is 20.0. The smallest absolute Gasteiger partial charge is 0.325 e. The molecular weight excluding hydrogens is 460 g/mol. The lowest BCUT2D eigenvalue weighted by atomic mass is 10.1. The maximum absolute atomic E-state index is 12.1. The molecule has 2 heterocycles. The van der Waals surface area contributed by atoms with E-state index in [9.17, 15) is 19.2 Å². The van der Waals surface area contributed by atoms with Crippen LogP contribution in [0.4, 0.5) is 0 Å². The van der Waals surface area contributed by atoms with Crippen LogP contribution >= 0.6 is 0 Å². The van der Waals surface area contributed by atoms with Crippen molar-refractivity contribution in [2.75, 3.05) is 26.7 Å². The number of benzene rings is 2. The molecule has 36 heavy (non-hydrogen) atoms. The zero-order chi connectivity index (χ0) is 25.9. The molecule has 1 aliphatic rings. The number of nitrogens with zero attached hydrogens (tertiary/aromatic N) is 2. The number of nitrogens with one attached hydrogen (secondary N) is 1. The summed E-state index contributed by atoms with van der Waals surface area (Å²) in [6.07, 6.45) is 4.49. The number of carbonyl (C=O) groups excluding carboxylic acids is 4. The number of methoxy groups -OCH3 is 1. The van der Waals surface area contributed by atoms with Gasteiger partial charge in [-0.3, -0.25) is 24.2 Å². The molecule has 2 aromatic carbocycles. The van der Waals surface area contributed by atoms with E-state index in [2.05, 4.69) is 15.0 Å². The molecule has 0 radical (unpaired) electrons. The number of fused-ring (bicyclic) bond motifs is 1. The SMILES string of the molecule is COC(=O)CN1CC(CNC(=O)c2ccccc2)=CCCC1=O.NC(=O)c1nccc2ccccc12. The van der Waals surface area contributed by atoms with Crippen molar-refractivity contribution in [2.24, 2.45) is 5.73 Å². The van der Waals surface area contributed by atoms with Gasteiger partial charge in [-0.15, -0.1) is 0 Å². The molecular formula is C27H28N4O5. The van der Waals surface area contributed by atoms with Gasteiger partial charge in [-0.1, -0.05) is 48.5 Å². The summed E-state index contributed by atoms with van der Waals surface area (Å²) in [6, 6.07) is 18.3. The fourth-order valence-corrected chi connectivity index (χ4v) is 3.65. The molecule has 0 unspecified atom stereocenters. The summed E-state index contributed by atoms with van der Waals surface area (Å²) < 4.78 is 4.61. The average molecular weight is 489 g/mol. The van der Waals surface area contributed by atoms with Crippen molar-refractivity contribution >= 4 is 34.5 Å². The molecule has 0 spiro atoms. The Morgan fingerprint density at radius 3 is 2.50 bits per heavy atom. The third kappa shape index (κ3) is 7.23. The van der Waals surface area contributed by atoms with Crippen LogP contribution in [-0.4, -0.2) is 60.3 Å². The van der Waals surface area contributed by atoms with Crippen LogP contribution in [0.2, 0.25) is 0 Å². The molecule has 9 heteroatoms. The van der Waals surface area contributed by atoms with Gasteiger partial charge in [0, 0.05) is 36.7 Å². The number of rotatable bonds is 6. The van der Waals surface area contributed by atoms with Crippen LogP contribution < -0.4 is 11.1 Å². The van der Waals surface area contributed by atoms with E-state index in [4.69, 9.17) is 5.73 Å². The largest absolute Gasteiger partial charge is 0.468 e. The van der Waals surface area contributed by atoms with Gasteiger partial charge >= 0.3 is 5.97 Å². The summed E-state index contributed by atoms with van der Waals surface area (Å²) in [5.41, 5.74) is 7.00. The molecule has 0 fully saturated rings. The van der Waals surface area contributed by atoms with Gasteiger partial charge in [-0.2, -0.15) is 0 Å². The van der Waals surface area contributed by atoms with Crippen molar-refractivity contribution in [3.63, 3.8) is 0 Å². The lowest BCUT2D eigenvalue weighted by Crippen LogP contribution is -2.38. The van der Waals surface area contributed by atoms with E-state index in [0.29, 0.717) is 37.2 Å². The summed E-state index contributed by atoms with van der Waals surface area (Å²) in [7, 11) is 1.29. The first-order valence-electron chi connectivity index (χ1n) is 11.4. The predicted molar refractivity (Wildman–Crippen MR) is 135 cm³/mol. The molecule has 0 aliphatic carbocycles. The van der Waals surface area contributed by atoms with Crippen molar-refractivity contribution in [3.8, 4) is 0 Å². The van der Waals surface area contributed by atoms with Crippen molar-refractivity contribution in [3.05, 3.63) is 89.8 Å². The Kier molecular flexibility index (Phi) is 9.27. The molecule has 1 aromatic heterocycles. The van der Waals surface area contributed by atoms with Crippen molar-refractivity contribution in [1.82, 2.24) is 15.2 Å². The summed E-state index contributed by atoms with van der Waals surface area (Å²) >= 11 is 0. The molecule has 3 amide bonds. The van der Waals surface area contributed by atoms with Crippen molar-refractivity contribution in [1.29, 1.82) is 0 Å². The van der Waals surface area contributed by atoms with E-state index in [1.807, 2.05) is 42.5 Å². The molecule has 0 bridgehead atoms. The maximum Gasteiger partial charge on any atom is 0.325 e. The standard InChI is InChI=1S/C17H20N2O4.C10H8N2O/c1-23-16(21)12-19-11-13(6-5-9-15(19)20)10-18-17(22)14-7-3-2-4-8-14;11-10(13)9-8-4-2-1-3-7(8)5-6-12-9/h2-4,6-8H,5,9-12H2,1H3,(H,18,22);1-6H,(H2,11,13). The number of hydrogen-bond donors (Lipinski definition) is 2. The lowest BCUT2D eigenvalue weighted by molar-refractivity contribution is -0.146. The highest BCUT2D eigenvalue weighted by atomic mass is 16.5. The highest BCUT2D eigenvalue weighted by Crippen LogP contribution is 2.15. The van der Waals surface area contributed by atoms with Crippen LogP contribution in [0, 0.1) is 0 Å². The number of aromatic nitrogens is 1. The Labute approximate surface area is 208 Å². The van der Waals surface area contributed by atoms with Crippen LogP contribution in [0.3, 0.4) is 0 Å². The maximum atomic E-state index is 12.1. The minimum Gasteiger partial charge on any atom is -0.468 e. The van der Waals surface area contributed by atoms with E-state index in [0.717, 1.165) is 16.3 Å². The lowest BCUT2D eigenvalue weighted by Gasteiger charge is -2.21. The quantitative estimate of drug-likeness (QED) is 0.405. The number of amides is 3. The minimum atomic E-state index is -0.489. The fraction of sp³-hybridized carbons (Fsp3) is 0.222. The number of nitrogens with two attached hydrogens (primary N) is 1. The van der Waals surface area contributed by atoms with Crippen molar-refractivity contribution < 1.29 is 23.9 Å². The first kappa shape index (κ1) is 26.1. The molecule has 1 aliphatic heterocycles. The Morgan fingerprint density at radius 1 is 1.06 bits per heavy atom. The Hall–Kier alpha value is -4.53. The highest BCUT2D eigenvalue weighted by Gasteiger charge is 2.21. The van der Waals surface area contributed by atoms with E-state index in [1.165, 1.54) is 12.0 Å². The molecule has 3 N–H and O–H groups in total. The van der Waals surface area contributed by atoms with Gasteiger partial charge in [0.05, 0.1) is 7.11 Å². The van der Waals surface area contributed by atoms with Gasteiger partial charge < -0.3 is 20.7 Å². The topological polar surface area (TPSA) is 132 Å². The highest BCUT2D eigenvalue weighted by molar-refractivity contribution is 6.04. The molecule has 186 valence electrons. The first-order valence-corrected chi connectivity index (χ1v) is 11.4. The molecule has 0 saturated carbocycles. The number of carbonyl (C=O) groups is 4. The average Bonchev–Trinajstić information content (AvgIpc) is 3.08. The fourth-order valence-electron chi connectivity index (χ4n) is 3.65. The van der Waals surface area contributed by atoms with Gasteiger partial charge in [0.15, 0.2) is 0 Å². The van der Waals surface area contributed by atoms with Gasteiger partial charge in [0.25, 0.3) is 11.8 Å². The summed E-state index contributed by atoms with van der Waals surface area (Å²) in [4.78, 5) is 51.8. The molecule has 0 saturated heterocycles. The second-order valence-corrected chi connectivity index (χ2v) is 8.02. The summed E-state index contributed by atoms with van der Waals surface area (Å²) in [6.45, 7) is 0.598. The summed E-state index contributed by atoms with van der Waals surface area (Å²) in [5, 5.41) is 4.62. The van der Waals surface area contributed by atoms with Crippen LogP contribution in [0.5, 0.6) is 0 Å². The van der Waals surface area contributed by atoms with E-state index in [1.54, 1.807) is 30.5 Å². The van der Waals surface area contributed by atoms with E-state index in [-0.39, 0.29) is 18.4 Å². The van der Waals surface area contributed by atoms with Gasteiger partial charge in [-0.25, -0.2) is 0 Å². The number of pyridine rings is 1. The van der Waals surface area contributed by atoms with Gasteiger partial charge in [0.2, 0.25) is 5.91 Å². The predicted octanol–water partition coefficient (Wildman–Crippen LogP) is 2.47. The molecule has 9 nitrogen and oxygen atoms in total. The molecule has 4 rings (SSSR count). The first-order chi connectivity index (χ1) is 17.4. The molecule has 0 atom stereocenters. The molecule has 3 aromatic rings. The number of esters is 1. The van der Waals surface area contributed by atoms with Crippen LogP contribution in [0.25, 0.3) is 10.8 Å². The van der Waals surface area contributed by atoms with Gasteiger partial charge in [-0.05, 0) is 35.6 Å². The van der Waals surface area contributed by atoms with E-state index >= 15 is 0 Å². The monoisotopic (exact) mass is 488 g/mol. The summed E-state index contributed by atoms with van der Waals surface area (Å²) in [5.74, 6) is -1.19. The third-order valence-corrected chi connectivity index (χ3v) is 5.50. The number of ether oxygens (including phenoxy) is 1. The normalized spacial score (nSPS) is 13.1. The Morgan fingerprint density at radius 2 is 1.78 bits per heavy atom. The third-order valence-electron chi connectivity index (χ3n) is 5.50. The number of allylic oxidation sites excluding steroid dienone is 1. The zero-order valence-corrected chi connectivity index (χ0v) is 20.0. The minimum absolute atomic E-state index is 0.0701. The van der Waals surface area contributed by atoms with Crippen LogP contribution in [-0.2, 0) is 14.3 Å². The second-order valence-electron chi connectivity index (χ2n) is 8.02. The van der Waals surface area contributed by atoms with Crippen LogP contribution in [0.15, 0.2) is 78.5 Å². The van der Waals surface area contributed by atoms with Crippen molar-refractivity contribution in [2.45, 2.75) is 12.8 Å². The second kappa shape index (κ2) is 12.8. The van der Waals surface area contributed by atoms with Crippen LogP contribution in [0.1, 0.15) is 33.7 Å². The Balaban J connectivity index is 0.000000233. The number of hydrogen-bond acceptors (Lipinski definition) is 6. The Bertz CT molecular complexity index is 1270. The van der Waals surface area contributed by atoms with E-state index < -0.39 is 11.9 Å². The number of primary amides is 1. The van der Waals surface area contributed by atoms with Gasteiger partial charge in [0.1, 0.15) is 12.2 Å².